The first-order valence-electron chi connectivity index (χ1n) is 8.42. The van der Waals surface area contributed by atoms with Crippen molar-refractivity contribution < 1.29 is 24.5 Å². The number of aliphatic hydroxyl groups is 2. The van der Waals surface area contributed by atoms with Crippen molar-refractivity contribution >= 4 is 11.6 Å². The van der Waals surface area contributed by atoms with Gasteiger partial charge in [-0.2, -0.15) is 0 Å². The van der Waals surface area contributed by atoms with E-state index in [0.717, 1.165) is 5.56 Å². The SMILES string of the molecule is CC1=C[C@@]2(O)C(=O)c3cccc(OCc4ccccc4)c3[C@H]2[C@@H](O)C1=O. The lowest BCUT2D eigenvalue weighted by Crippen LogP contribution is -2.49. The summed E-state index contributed by atoms with van der Waals surface area (Å²) in [6, 6.07) is 14.5. The normalized spacial score (nSPS) is 27.0. The maximum Gasteiger partial charge on any atom is 0.199 e. The number of aliphatic hydroxyl groups excluding tert-OH is 1. The number of rotatable bonds is 3. The molecule has 26 heavy (non-hydrogen) atoms. The van der Waals surface area contributed by atoms with Crippen molar-refractivity contribution in [1.82, 2.24) is 0 Å². The molecule has 0 heterocycles. The average molecular weight is 350 g/mol. The Kier molecular flexibility index (Phi) is 3.79. The van der Waals surface area contributed by atoms with E-state index in [0.29, 0.717) is 11.3 Å². The molecule has 0 amide bonds. The first kappa shape index (κ1) is 16.7. The number of benzene rings is 2. The van der Waals surface area contributed by atoms with Crippen molar-refractivity contribution in [3.8, 4) is 5.75 Å². The lowest BCUT2D eigenvalue weighted by molar-refractivity contribution is -0.128. The molecule has 0 saturated carbocycles. The smallest absolute Gasteiger partial charge is 0.199 e. The van der Waals surface area contributed by atoms with Gasteiger partial charge >= 0.3 is 0 Å². The first-order chi connectivity index (χ1) is 12.4. The maximum atomic E-state index is 12.8. The third-order valence-corrected chi connectivity index (χ3v) is 5.11. The molecular weight excluding hydrogens is 332 g/mol. The highest BCUT2D eigenvalue weighted by atomic mass is 16.5. The predicted molar refractivity (Wildman–Crippen MR) is 94.0 cm³/mol. The van der Waals surface area contributed by atoms with Crippen molar-refractivity contribution in [2.24, 2.45) is 0 Å². The second kappa shape index (κ2) is 5.90. The van der Waals surface area contributed by atoms with Gasteiger partial charge in [-0.15, -0.1) is 0 Å². The van der Waals surface area contributed by atoms with E-state index in [-0.39, 0.29) is 17.7 Å². The van der Waals surface area contributed by atoms with Crippen LogP contribution in [0, 0.1) is 0 Å². The molecule has 5 heteroatoms. The van der Waals surface area contributed by atoms with Crippen LogP contribution in [0.4, 0.5) is 0 Å². The summed E-state index contributed by atoms with van der Waals surface area (Å²) in [6.07, 6.45) is -0.229. The number of fused-ring (bicyclic) bond motifs is 3. The topological polar surface area (TPSA) is 83.8 Å². The Hall–Kier alpha value is -2.76. The lowest BCUT2D eigenvalue weighted by Gasteiger charge is -2.34. The molecule has 2 N–H and O–H groups in total. The second-order valence-corrected chi connectivity index (χ2v) is 6.76. The zero-order valence-corrected chi connectivity index (χ0v) is 14.2. The molecule has 3 atom stereocenters. The Balaban J connectivity index is 1.78. The van der Waals surface area contributed by atoms with E-state index in [4.69, 9.17) is 4.74 Å². The molecule has 132 valence electrons. The van der Waals surface area contributed by atoms with Crippen LogP contribution in [0.25, 0.3) is 0 Å². The van der Waals surface area contributed by atoms with Crippen LogP contribution in [0.3, 0.4) is 0 Å². The zero-order chi connectivity index (χ0) is 18.5. The third-order valence-electron chi connectivity index (χ3n) is 5.11. The summed E-state index contributed by atoms with van der Waals surface area (Å²) in [4.78, 5) is 25.0. The molecule has 4 rings (SSSR count). The lowest BCUT2D eigenvalue weighted by atomic mass is 9.75. The van der Waals surface area contributed by atoms with Crippen LogP contribution in [-0.2, 0) is 11.4 Å². The Morgan fingerprint density at radius 2 is 1.81 bits per heavy atom. The van der Waals surface area contributed by atoms with Crippen LogP contribution >= 0.6 is 0 Å². The molecule has 0 aromatic heterocycles. The van der Waals surface area contributed by atoms with Gasteiger partial charge < -0.3 is 14.9 Å². The van der Waals surface area contributed by atoms with Crippen LogP contribution in [0.1, 0.15) is 34.3 Å². The molecule has 0 fully saturated rings. The molecule has 2 aromatic rings. The predicted octanol–water partition coefficient (Wildman–Crippen LogP) is 2.17. The van der Waals surface area contributed by atoms with Gasteiger partial charge in [-0.25, -0.2) is 0 Å². The van der Waals surface area contributed by atoms with Gasteiger partial charge in [0.25, 0.3) is 0 Å². The van der Waals surface area contributed by atoms with E-state index in [9.17, 15) is 19.8 Å². The minimum absolute atomic E-state index is 0.184. The Morgan fingerprint density at radius 3 is 2.54 bits per heavy atom. The Bertz CT molecular complexity index is 931. The summed E-state index contributed by atoms with van der Waals surface area (Å²) in [5.74, 6) is -1.68. The molecule has 0 saturated heterocycles. The van der Waals surface area contributed by atoms with Gasteiger partial charge in [-0.3, -0.25) is 9.59 Å². The van der Waals surface area contributed by atoms with Gasteiger partial charge in [0.05, 0.1) is 5.92 Å². The number of Topliss-reactive ketones (excluding diaryl/α,β-unsaturated/α-hetero) is 2. The van der Waals surface area contributed by atoms with E-state index < -0.39 is 29.2 Å². The minimum atomic E-state index is -1.92. The highest BCUT2D eigenvalue weighted by Gasteiger charge is 2.58. The van der Waals surface area contributed by atoms with Crippen LogP contribution in [0.15, 0.2) is 60.2 Å². The molecular formula is C21H18O5. The highest BCUT2D eigenvalue weighted by Crippen LogP contribution is 2.50. The van der Waals surface area contributed by atoms with Gasteiger partial charge in [-0.05, 0) is 30.2 Å². The second-order valence-electron chi connectivity index (χ2n) is 6.76. The van der Waals surface area contributed by atoms with Crippen LogP contribution in [0.5, 0.6) is 5.75 Å². The molecule has 0 radical (unpaired) electrons. The molecule has 2 aliphatic carbocycles. The zero-order valence-electron chi connectivity index (χ0n) is 14.2. The fraction of sp³-hybridized carbons (Fsp3) is 0.238. The number of carbonyl (C=O) groups excluding carboxylic acids is 2. The van der Waals surface area contributed by atoms with Crippen molar-refractivity contribution in [2.45, 2.75) is 31.2 Å². The molecule has 0 bridgehead atoms. The van der Waals surface area contributed by atoms with Crippen molar-refractivity contribution in [1.29, 1.82) is 0 Å². The highest BCUT2D eigenvalue weighted by molar-refractivity contribution is 6.14. The van der Waals surface area contributed by atoms with Gasteiger partial charge in [-0.1, -0.05) is 42.5 Å². The van der Waals surface area contributed by atoms with E-state index in [1.807, 2.05) is 30.3 Å². The molecule has 0 spiro atoms. The van der Waals surface area contributed by atoms with E-state index in [2.05, 4.69) is 0 Å². The van der Waals surface area contributed by atoms with Crippen LogP contribution in [-0.4, -0.2) is 33.5 Å². The monoisotopic (exact) mass is 350 g/mol. The van der Waals surface area contributed by atoms with E-state index >= 15 is 0 Å². The Morgan fingerprint density at radius 1 is 1.08 bits per heavy atom. The number of carbonyl (C=O) groups is 2. The van der Waals surface area contributed by atoms with E-state index in [1.165, 1.54) is 13.0 Å². The van der Waals surface area contributed by atoms with Crippen molar-refractivity contribution in [3.63, 3.8) is 0 Å². The van der Waals surface area contributed by atoms with Gasteiger partial charge in [0.15, 0.2) is 17.2 Å². The van der Waals surface area contributed by atoms with Crippen LogP contribution < -0.4 is 4.74 Å². The fourth-order valence-corrected chi connectivity index (χ4v) is 3.84. The summed E-state index contributed by atoms with van der Waals surface area (Å²) in [5.41, 5.74) is -0.127. The largest absolute Gasteiger partial charge is 0.489 e. The molecule has 2 aliphatic rings. The summed E-state index contributed by atoms with van der Waals surface area (Å²) in [6.45, 7) is 1.76. The third kappa shape index (κ3) is 2.32. The standard InChI is InChI=1S/C21H18O5/c1-12-10-21(25)17(19(23)18(12)22)16-14(20(21)24)8-5-9-15(16)26-11-13-6-3-2-4-7-13/h2-10,17,19,23,25H,11H2,1H3/t17-,19+,21-/m0/s1. The molecule has 2 aromatic carbocycles. The summed E-state index contributed by atoms with van der Waals surface area (Å²) < 4.78 is 5.88. The van der Waals surface area contributed by atoms with Crippen molar-refractivity contribution in [3.05, 3.63) is 76.9 Å². The van der Waals surface area contributed by atoms with Crippen LogP contribution in [0.2, 0.25) is 0 Å². The first-order valence-corrected chi connectivity index (χ1v) is 8.42. The molecule has 0 unspecified atom stereocenters. The van der Waals surface area contributed by atoms with Crippen molar-refractivity contribution in [2.75, 3.05) is 0 Å². The maximum absolute atomic E-state index is 12.8. The Labute approximate surface area is 150 Å². The quantitative estimate of drug-likeness (QED) is 0.886. The number of ketones is 2. The van der Waals surface area contributed by atoms with Gasteiger partial charge in [0, 0.05) is 11.1 Å². The average Bonchev–Trinajstić information content (AvgIpc) is 2.87. The van der Waals surface area contributed by atoms with Gasteiger partial charge in [0.1, 0.15) is 18.5 Å². The fourth-order valence-electron chi connectivity index (χ4n) is 3.84. The summed E-state index contributed by atoms with van der Waals surface area (Å²) in [5, 5.41) is 21.5. The van der Waals surface area contributed by atoms with E-state index in [1.54, 1.807) is 18.2 Å². The van der Waals surface area contributed by atoms with Gasteiger partial charge in [0.2, 0.25) is 0 Å². The minimum Gasteiger partial charge on any atom is -0.489 e. The number of hydrogen-bond donors (Lipinski definition) is 2. The number of ether oxygens (including phenoxy) is 1. The number of hydrogen-bond acceptors (Lipinski definition) is 5. The summed E-state index contributed by atoms with van der Waals surface area (Å²) >= 11 is 0. The molecule has 0 aliphatic heterocycles. The summed E-state index contributed by atoms with van der Waals surface area (Å²) in [7, 11) is 0. The molecule has 5 nitrogen and oxygen atoms in total.